The maximum atomic E-state index is 13.6. The highest BCUT2D eigenvalue weighted by Gasteiger charge is 2.30. The summed E-state index contributed by atoms with van der Waals surface area (Å²) >= 11 is 0. The van der Waals surface area contributed by atoms with E-state index in [1.54, 1.807) is 13.0 Å². The lowest BCUT2D eigenvalue weighted by molar-refractivity contribution is -0.139. The molecule has 2 aliphatic heterocycles. The molecular weight excluding hydrogens is 255 g/mol. The van der Waals surface area contributed by atoms with Crippen molar-refractivity contribution in [2.75, 3.05) is 31.1 Å². The van der Waals surface area contributed by atoms with E-state index in [2.05, 4.69) is 4.90 Å². The van der Waals surface area contributed by atoms with E-state index in [-0.39, 0.29) is 11.7 Å². The average molecular weight is 276 g/mol. The molecule has 2 heterocycles. The summed E-state index contributed by atoms with van der Waals surface area (Å²) in [5.74, 6) is 0.342. The molecule has 0 aliphatic carbocycles. The summed E-state index contributed by atoms with van der Waals surface area (Å²) in [5, 5.41) is 0. The third-order valence-electron chi connectivity index (χ3n) is 4.53. The number of piperidine rings is 1. The highest BCUT2D eigenvalue weighted by molar-refractivity contribution is 5.79. The Labute approximate surface area is 119 Å². The minimum atomic E-state index is -0.152. The normalized spacial score (nSPS) is 19.9. The summed E-state index contributed by atoms with van der Waals surface area (Å²) < 4.78 is 13.6. The number of anilines is 1. The zero-order valence-corrected chi connectivity index (χ0v) is 11.9. The first-order chi connectivity index (χ1) is 9.65. The number of amides is 1. The molecule has 2 saturated heterocycles. The average Bonchev–Trinajstić information content (AvgIpc) is 2.40. The number of rotatable bonds is 2. The largest absolute Gasteiger partial charge is 0.371 e. The van der Waals surface area contributed by atoms with Gasteiger partial charge in [-0.05, 0) is 43.9 Å². The molecule has 0 radical (unpaired) electrons. The molecule has 0 N–H and O–H groups in total. The molecule has 0 atom stereocenters. The molecule has 1 aromatic rings. The standard InChI is InChI=1S/C16H21FN2O/c1-12-3-4-14(11-15(12)17)18-9-5-13(6-10-18)16(20)19-7-2-8-19/h3-4,11,13H,2,5-10H2,1H3. The first-order valence-corrected chi connectivity index (χ1v) is 7.45. The van der Waals surface area contributed by atoms with Crippen LogP contribution in [0.15, 0.2) is 18.2 Å². The van der Waals surface area contributed by atoms with E-state index in [9.17, 15) is 9.18 Å². The van der Waals surface area contributed by atoms with Gasteiger partial charge in [0.15, 0.2) is 0 Å². The molecule has 0 aromatic heterocycles. The fourth-order valence-corrected chi connectivity index (χ4v) is 2.96. The van der Waals surface area contributed by atoms with Crippen LogP contribution in [0.25, 0.3) is 0 Å². The van der Waals surface area contributed by atoms with Gasteiger partial charge in [-0.25, -0.2) is 4.39 Å². The van der Waals surface area contributed by atoms with Gasteiger partial charge >= 0.3 is 0 Å². The first kappa shape index (κ1) is 13.4. The maximum absolute atomic E-state index is 13.6. The Morgan fingerprint density at radius 2 is 1.90 bits per heavy atom. The van der Waals surface area contributed by atoms with Crippen molar-refractivity contribution in [2.24, 2.45) is 5.92 Å². The Kier molecular flexibility index (Phi) is 3.64. The maximum Gasteiger partial charge on any atom is 0.225 e. The topological polar surface area (TPSA) is 23.6 Å². The van der Waals surface area contributed by atoms with Crippen LogP contribution >= 0.6 is 0 Å². The second-order valence-electron chi connectivity index (χ2n) is 5.87. The Balaban J connectivity index is 1.60. The Morgan fingerprint density at radius 3 is 2.45 bits per heavy atom. The minimum Gasteiger partial charge on any atom is -0.371 e. The lowest BCUT2D eigenvalue weighted by atomic mass is 9.93. The molecule has 0 saturated carbocycles. The van der Waals surface area contributed by atoms with Crippen LogP contribution in [-0.2, 0) is 4.79 Å². The summed E-state index contributed by atoms with van der Waals surface area (Å²) in [7, 11) is 0. The summed E-state index contributed by atoms with van der Waals surface area (Å²) in [5.41, 5.74) is 1.61. The van der Waals surface area contributed by atoms with E-state index < -0.39 is 0 Å². The van der Waals surface area contributed by atoms with Crippen LogP contribution in [0.5, 0.6) is 0 Å². The van der Waals surface area contributed by atoms with Gasteiger partial charge in [0.1, 0.15) is 5.82 Å². The van der Waals surface area contributed by atoms with Crippen molar-refractivity contribution in [3.63, 3.8) is 0 Å². The number of benzene rings is 1. The van der Waals surface area contributed by atoms with Crippen LogP contribution in [0.3, 0.4) is 0 Å². The second-order valence-corrected chi connectivity index (χ2v) is 5.87. The SMILES string of the molecule is Cc1ccc(N2CCC(C(=O)N3CCC3)CC2)cc1F. The number of hydrogen-bond acceptors (Lipinski definition) is 2. The fourth-order valence-electron chi connectivity index (χ4n) is 2.96. The van der Waals surface area contributed by atoms with Crippen LogP contribution in [0.2, 0.25) is 0 Å². The Hall–Kier alpha value is -1.58. The molecule has 2 aliphatic rings. The summed E-state index contributed by atoms with van der Waals surface area (Å²) in [6.07, 6.45) is 2.91. The van der Waals surface area contributed by atoms with E-state index in [1.165, 1.54) is 0 Å². The first-order valence-electron chi connectivity index (χ1n) is 7.45. The molecule has 1 amide bonds. The van der Waals surface area contributed by atoms with Crippen molar-refractivity contribution < 1.29 is 9.18 Å². The van der Waals surface area contributed by atoms with Crippen LogP contribution in [-0.4, -0.2) is 37.0 Å². The molecule has 0 bridgehead atoms. The van der Waals surface area contributed by atoms with E-state index in [0.29, 0.717) is 11.5 Å². The quantitative estimate of drug-likeness (QED) is 0.829. The number of carbonyl (C=O) groups excluding carboxylic acids is 1. The molecule has 4 heteroatoms. The number of hydrogen-bond donors (Lipinski definition) is 0. The van der Waals surface area contributed by atoms with E-state index >= 15 is 0 Å². The van der Waals surface area contributed by atoms with Crippen molar-refractivity contribution in [3.05, 3.63) is 29.6 Å². The molecule has 20 heavy (non-hydrogen) atoms. The van der Waals surface area contributed by atoms with Gasteiger partial charge in [-0.15, -0.1) is 0 Å². The van der Waals surface area contributed by atoms with Gasteiger partial charge in [0.25, 0.3) is 0 Å². The van der Waals surface area contributed by atoms with Crippen molar-refractivity contribution in [1.29, 1.82) is 0 Å². The van der Waals surface area contributed by atoms with Gasteiger partial charge in [-0.1, -0.05) is 6.07 Å². The molecular formula is C16H21FN2O. The molecule has 2 fully saturated rings. The zero-order valence-electron chi connectivity index (χ0n) is 11.9. The van der Waals surface area contributed by atoms with Crippen LogP contribution in [0.1, 0.15) is 24.8 Å². The van der Waals surface area contributed by atoms with Crippen molar-refractivity contribution in [2.45, 2.75) is 26.2 Å². The van der Waals surface area contributed by atoms with Crippen molar-refractivity contribution in [1.82, 2.24) is 4.90 Å². The van der Waals surface area contributed by atoms with Crippen LogP contribution in [0.4, 0.5) is 10.1 Å². The summed E-state index contributed by atoms with van der Waals surface area (Å²) in [6.45, 7) is 5.32. The van der Waals surface area contributed by atoms with Gasteiger partial charge in [-0.3, -0.25) is 4.79 Å². The number of nitrogens with zero attached hydrogens (tertiary/aromatic N) is 2. The Morgan fingerprint density at radius 1 is 1.20 bits per heavy atom. The molecule has 0 unspecified atom stereocenters. The predicted octanol–water partition coefficient (Wildman–Crippen LogP) is 2.58. The van der Waals surface area contributed by atoms with Crippen LogP contribution < -0.4 is 4.90 Å². The summed E-state index contributed by atoms with van der Waals surface area (Å²) in [6, 6.07) is 5.39. The highest BCUT2D eigenvalue weighted by atomic mass is 19.1. The monoisotopic (exact) mass is 276 g/mol. The van der Waals surface area contributed by atoms with Crippen LogP contribution in [0, 0.1) is 18.7 Å². The van der Waals surface area contributed by atoms with Gasteiger partial charge in [0.05, 0.1) is 0 Å². The van der Waals surface area contributed by atoms with E-state index in [4.69, 9.17) is 0 Å². The molecule has 1 aromatic carbocycles. The highest BCUT2D eigenvalue weighted by Crippen LogP contribution is 2.26. The third kappa shape index (κ3) is 2.51. The fraction of sp³-hybridized carbons (Fsp3) is 0.562. The zero-order chi connectivity index (χ0) is 14.1. The smallest absolute Gasteiger partial charge is 0.225 e. The van der Waals surface area contributed by atoms with Gasteiger partial charge in [-0.2, -0.15) is 0 Å². The van der Waals surface area contributed by atoms with Gasteiger partial charge in [0.2, 0.25) is 5.91 Å². The predicted molar refractivity (Wildman–Crippen MR) is 77.3 cm³/mol. The number of likely N-dealkylation sites (tertiary alicyclic amines) is 1. The van der Waals surface area contributed by atoms with E-state index in [1.807, 2.05) is 17.0 Å². The van der Waals surface area contributed by atoms with Crippen molar-refractivity contribution >= 4 is 11.6 Å². The minimum absolute atomic E-state index is 0.152. The van der Waals surface area contributed by atoms with Gasteiger partial charge in [0, 0.05) is 37.8 Å². The third-order valence-corrected chi connectivity index (χ3v) is 4.53. The number of halogens is 1. The molecule has 108 valence electrons. The molecule has 3 nitrogen and oxygen atoms in total. The molecule has 3 rings (SSSR count). The van der Waals surface area contributed by atoms with Gasteiger partial charge < -0.3 is 9.80 Å². The summed E-state index contributed by atoms with van der Waals surface area (Å²) in [4.78, 5) is 16.3. The number of carbonyl (C=O) groups is 1. The lowest BCUT2D eigenvalue weighted by Crippen LogP contribution is -2.48. The van der Waals surface area contributed by atoms with E-state index in [0.717, 1.165) is 51.1 Å². The lowest BCUT2D eigenvalue weighted by Gasteiger charge is -2.38. The Bertz CT molecular complexity index is 505. The molecule has 0 spiro atoms. The number of aryl methyl sites for hydroxylation is 1. The van der Waals surface area contributed by atoms with Crippen molar-refractivity contribution in [3.8, 4) is 0 Å². The second kappa shape index (κ2) is 5.43.